The number of fused-ring (bicyclic) bond motifs is 1. The van der Waals surface area contributed by atoms with Crippen LogP contribution in [-0.2, 0) is 0 Å². The third kappa shape index (κ3) is 2.14. The number of hydrogen-bond donors (Lipinski definition) is 2. The molecule has 5 heteroatoms. The second-order valence-electron chi connectivity index (χ2n) is 4.37. The lowest BCUT2D eigenvalue weighted by Gasteiger charge is -2.12. The average molecular weight is 271 g/mol. The van der Waals surface area contributed by atoms with Gasteiger partial charge >= 0.3 is 0 Å². The molecule has 0 aliphatic carbocycles. The first-order valence-corrected chi connectivity index (χ1v) is 5.99. The van der Waals surface area contributed by atoms with Gasteiger partial charge < -0.3 is 11.1 Å². The number of hydrogen-bond acceptors (Lipinski definition) is 3. The third-order valence-electron chi connectivity index (χ3n) is 3.06. The molecule has 0 saturated carbocycles. The zero-order valence-corrected chi connectivity index (χ0v) is 10.4. The standard InChI is InChI=1S/C15H11F2N3/c16-10-2-3-12(17)14(7-10)20-13-4-1-9-8-19-6-5-11(9)15(13)18/h1-8,20H,18H2. The minimum absolute atomic E-state index is 0.0464. The molecule has 0 aliphatic rings. The fraction of sp³-hybridized carbons (Fsp3) is 0. The molecule has 0 amide bonds. The summed E-state index contributed by atoms with van der Waals surface area (Å²) in [5.41, 5.74) is 7.08. The molecule has 1 heterocycles. The number of benzene rings is 2. The molecule has 0 saturated heterocycles. The predicted octanol–water partition coefficient (Wildman–Crippen LogP) is 3.84. The molecule has 0 atom stereocenters. The summed E-state index contributed by atoms with van der Waals surface area (Å²) < 4.78 is 26.8. The lowest BCUT2D eigenvalue weighted by atomic mass is 10.1. The molecule has 3 aromatic rings. The van der Waals surface area contributed by atoms with Gasteiger partial charge in [-0.3, -0.25) is 4.98 Å². The van der Waals surface area contributed by atoms with Gasteiger partial charge in [-0.15, -0.1) is 0 Å². The number of pyridine rings is 1. The zero-order chi connectivity index (χ0) is 14.1. The molecule has 2 aromatic carbocycles. The number of anilines is 3. The van der Waals surface area contributed by atoms with Crippen molar-refractivity contribution in [2.75, 3.05) is 11.1 Å². The number of nitrogens with zero attached hydrogens (tertiary/aromatic N) is 1. The molecule has 3 nitrogen and oxygen atoms in total. The number of aromatic nitrogens is 1. The van der Waals surface area contributed by atoms with Crippen LogP contribution >= 0.6 is 0 Å². The smallest absolute Gasteiger partial charge is 0.146 e. The van der Waals surface area contributed by atoms with Gasteiger partial charge in [-0.25, -0.2) is 8.78 Å². The van der Waals surface area contributed by atoms with Gasteiger partial charge in [0.15, 0.2) is 0 Å². The summed E-state index contributed by atoms with van der Waals surface area (Å²) in [5.74, 6) is -1.06. The van der Waals surface area contributed by atoms with Crippen LogP contribution in [0.2, 0.25) is 0 Å². The summed E-state index contributed by atoms with van der Waals surface area (Å²) in [6.45, 7) is 0. The number of nitrogens with two attached hydrogens (primary N) is 1. The van der Waals surface area contributed by atoms with Gasteiger partial charge in [0.25, 0.3) is 0 Å². The van der Waals surface area contributed by atoms with Crippen LogP contribution in [0.4, 0.5) is 25.8 Å². The molecule has 0 aliphatic heterocycles. The molecule has 0 fully saturated rings. The van der Waals surface area contributed by atoms with Crippen LogP contribution in [0.15, 0.2) is 48.8 Å². The highest BCUT2D eigenvalue weighted by molar-refractivity contribution is 5.99. The van der Waals surface area contributed by atoms with Crippen LogP contribution in [0, 0.1) is 11.6 Å². The first-order valence-electron chi connectivity index (χ1n) is 5.99. The van der Waals surface area contributed by atoms with E-state index < -0.39 is 11.6 Å². The van der Waals surface area contributed by atoms with Crippen LogP contribution < -0.4 is 11.1 Å². The SMILES string of the molecule is Nc1c(Nc2cc(F)ccc2F)ccc2cnccc12. The van der Waals surface area contributed by atoms with Crippen molar-refractivity contribution in [2.45, 2.75) is 0 Å². The van der Waals surface area contributed by atoms with Gasteiger partial charge in [-0.05, 0) is 24.3 Å². The molecule has 0 spiro atoms. The average Bonchev–Trinajstić information content (AvgIpc) is 2.46. The van der Waals surface area contributed by atoms with E-state index in [0.29, 0.717) is 11.4 Å². The monoisotopic (exact) mass is 271 g/mol. The minimum atomic E-state index is -0.541. The van der Waals surface area contributed by atoms with Gasteiger partial charge in [-0.2, -0.15) is 0 Å². The largest absolute Gasteiger partial charge is 0.397 e. The van der Waals surface area contributed by atoms with E-state index >= 15 is 0 Å². The van der Waals surface area contributed by atoms with E-state index in [-0.39, 0.29) is 5.69 Å². The first-order chi connectivity index (χ1) is 9.65. The second kappa shape index (κ2) is 4.77. The molecule has 3 N–H and O–H groups in total. The first kappa shape index (κ1) is 12.3. The fourth-order valence-electron chi connectivity index (χ4n) is 2.04. The molecule has 1 aromatic heterocycles. The summed E-state index contributed by atoms with van der Waals surface area (Å²) in [6.07, 6.45) is 3.32. The van der Waals surface area contributed by atoms with Crippen LogP contribution in [-0.4, -0.2) is 4.98 Å². The van der Waals surface area contributed by atoms with E-state index in [0.717, 1.165) is 29.0 Å². The van der Waals surface area contributed by atoms with Crippen molar-refractivity contribution in [1.82, 2.24) is 4.98 Å². The topological polar surface area (TPSA) is 50.9 Å². The summed E-state index contributed by atoms with van der Waals surface area (Å²) >= 11 is 0. The number of nitrogens with one attached hydrogen (secondary N) is 1. The van der Waals surface area contributed by atoms with Crippen molar-refractivity contribution in [2.24, 2.45) is 0 Å². The van der Waals surface area contributed by atoms with Crippen molar-refractivity contribution in [3.63, 3.8) is 0 Å². The van der Waals surface area contributed by atoms with Crippen molar-refractivity contribution in [1.29, 1.82) is 0 Å². The lowest BCUT2D eigenvalue weighted by Crippen LogP contribution is -1.99. The summed E-state index contributed by atoms with van der Waals surface area (Å²) in [6, 6.07) is 8.53. The molecule has 20 heavy (non-hydrogen) atoms. The van der Waals surface area contributed by atoms with E-state index in [1.54, 1.807) is 24.5 Å². The van der Waals surface area contributed by atoms with E-state index in [9.17, 15) is 8.78 Å². The van der Waals surface area contributed by atoms with Crippen molar-refractivity contribution < 1.29 is 8.78 Å². The Morgan fingerprint density at radius 2 is 1.85 bits per heavy atom. The van der Waals surface area contributed by atoms with Gasteiger partial charge in [-0.1, -0.05) is 6.07 Å². The van der Waals surface area contributed by atoms with E-state index in [1.165, 1.54) is 0 Å². The van der Waals surface area contributed by atoms with E-state index in [1.807, 2.05) is 6.07 Å². The van der Waals surface area contributed by atoms with Gasteiger partial charge in [0.05, 0.1) is 17.1 Å². The molecule has 100 valence electrons. The maximum Gasteiger partial charge on any atom is 0.146 e. The lowest BCUT2D eigenvalue weighted by molar-refractivity contribution is 0.603. The van der Waals surface area contributed by atoms with Gasteiger partial charge in [0.1, 0.15) is 11.6 Å². The Hall–Kier alpha value is -2.69. The normalized spacial score (nSPS) is 10.7. The van der Waals surface area contributed by atoms with Crippen molar-refractivity contribution in [3.05, 3.63) is 60.4 Å². The quantitative estimate of drug-likeness (QED) is 0.696. The van der Waals surface area contributed by atoms with Crippen molar-refractivity contribution >= 4 is 27.8 Å². The Labute approximate surface area is 114 Å². The van der Waals surface area contributed by atoms with Crippen LogP contribution in [0.25, 0.3) is 10.8 Å². The Bertz CT molecular complexity index is 787. The van der Waals surface area contributed by atoms with E-state index in [4.69, 9.17) is 5.73 Å². The van der Waals surface area contributed by atoms with Gasteiger partial charge in [0, 0.05) is 29.2 Å². The Kier molecular flexibility index (Phi) is 2.95. The van der Waals surface area contributed by atoms with Crippen LogP contribution in [0.1, 0.15) is 0 Å². The third-order valence-corrected chi connectivity index (χ3v) is 3.06. The fourth-order valence-corrected chi connectivity index (χ4v) is 2.04. The Balaban J connectivity index is 2.07. The maximum absolute atomic E-state index is 13.6. The molecular weight excluding hydrogens is 260 g/mol. The van der Waals surface area contributed by atoms with E-state index in [2.05, 4.69) is 10.3 Å². The summed E-state index contributed by atoms with van der Waals surface area (Å²) in [7, 11) is 0. The highest BCUT2D eigenvalue weighted by atomic mass is 19.1. The van der Waals surface area contributed by atoms with Gasteiger partial charge in [0.2, 0.25) is 0 Å². The zero-order valence-electron chi connectivity index (χ0n) is 10.4. The molecule has 0 unspecified atom stereocenters. The number of nitrogen functional groups attached to an aromatic ring is 1. The Morgan fingerprint density at radius 1 is 1.00 bits per heavy atom. The minimum Gasteiger partial charge on any atom is -0.397 e. The highest BCUT2D eigenvalue weighted by Gasteiger charge is 2.08. The summed E-state index contributed by atoms with van der Waals surface area (Å²) in [4.78, 5) is 4.01. The Morgan fingerprint density at radius 3 is 2.70 bits per heavy atom. The predicted molar refractivity (Wildman–Crippen MR) is 75.8 cm³/mol. The van der Waals surface area contributed by atoms with Crippen LogP contribution in [0.3, 0.4) is 0 Å². The highest BCUT2D eigenvalue weighted by Crippen LogP contribution is 2.31. The molecule has 0 radical (unpaired) electrons. The number of halogens is 2. The maximum atomic E-state index is 13.6. The molecule has 0 bridgehead atoms. The van der Waals surface area contributed by atoms with Crippen LogP contribution in [0.5, 0.6) is 0 Å². The second-order valence-corrected chi connectivity index (χ2v) is 4.37. The molecular formula is C15H11F2N3. The molecule has 3 rings (SSSR count). The summed E-state index contributed by atoms with van der Waals surface area (Å²) in [5, 5.41) is 4.50. The number of rotatable bonds is 2. The van der Waals surface area contributed by atoms with Crippen molar-refractivity contribution in [3.8, 4) is 0 Å².